The summed E-state index contributed by atoms with van der Waals surface area (Å²) in [5.41, 5.74) is 1.53. The van der Waals surface area contributed by atoms with E-state index in [4.69, 9.17) is 9.47 Å². The second-order valence-corrected chi connectivity index (χ2v) is 8.05. The fraction of sp³-hybridized carbons (Fsp3) is 0.348. The number of ether oxygens (including phenoxy) is 2. The molecule has 31 heavy (non-hydrogen) atoms. The number of rotatable bonds is 8. The van der Waals surface area contributed by atoms with Gasteiger partial charge in [-0.15, -0.1) is 0 Å². The summed E-state index contributed by atoms with van der Waals surface area (Å²) in [5, 5.41) is 0. The molecule has 0 bridgehead atoms. The molecule has 1 amide bonds. The van der Waals surface area contributed by atoms with E-state index >= 15 is 0 Å². The summed E-state index contributed by atoms with van der Waals surface area (Å²) >= 11 is 3.32. The van der Waals surface area contributed by atoms with Crippen molar-refractivity contribution in [1.29, 1.82) is 0 Å². The number of Topliss-reactive ketones (excluding diaryl/α,β-unsaturated/α-hetero) is 1. The molecule has 1 fully saturated rings. The summed E-state index contributed by atoms with van der Waals surface area (Å²) in [7, 11) is 1.49. The first-order chi connectivity index (χ1) is 15.0. The zero-order chi connectivity index (χ0) is 22.2. The molecular formula is C23H25BrN2O5. The molecule has 0 aliphatic carbocycles. The maximum absolute atomic E-state index is 12.4. The number of hydrogen-bond acceptors (Lipinski definition) is 6. The van der Waals surface area contributed by atoms with Crippen LogP contribution in [0.25, 0.3) is 0 Å². The van der Waals surface area contributed by atoms with Gasteiger partial charge in [-0.1, -0.05) is 34.1 Å². The number of halogens is 1. The van der Waals surface area contributed by atoms with Crippen molar-refractivity contribution in [1.82, 2.24) is 4.90 Å². The molecule has 1 aliphatic rings. The molecule has 1 saturated heterocycles. The summed E-state index contributed by atoms with van der Waals surface area (Å²) in [5.74, 6) is -0.565. The van der Waals surface area contributed by atoms with Gasteiger partial charge in [0.15, 0.2) is 12.4 Å². The smallest absolute Gasteiger partial charge is 0.306 e. The van der Waals surface area contributed by atoms with E-state index in [1.807, 2.05) is 30.3 Å². The van der Waals surface area contributed by atoms with Gasteiger partial charge < -0.3 is 19.3 Å². The van der Waals surface area contributed by atoms with Crippen molar-refractivity contribution >= 4 is 39.3 Å². The molecule has 2 aromatic rings. The van der Waals surface area contributed by atoms with Gasteiger partial charge in [-0.2, -0.15) is 0 Å². The third kappa shape index (κ3) is 6.30. The first-order valence-corrected chi connectivity index (χ1v) is 10.9. The average Bonchev–Trinajstić information content (AvgIpc) is 2.81. The van der Waals surface area contributed by atoms with Gasteiger partial charge in [0.1, 0.15) is 5.75 Å². The van der Waals surface area contributed by atoms with E-state index in [1.165, 1.54) is 7.11 Å². The Morgan fingerprint density at radius 1 is 0.968 bits per heavy atom. The van der Waals surface area contributed by atoms with Crippen LogP contribution in [0.1, 0.15) is 23.2 Å². The number of piperazine rings is 1. The molecule has 7 nitrogen and oxygen atoms in total. The fourth-order valence-corrected chi connectivity index (χ4v) is 3.77. The van der Waals surface area contributed by atoms with Crippen LogP contribution in [0.3, 0.4) is 0 Å². The van der Waals surface area contributed by atoms with Crippen LogP contribution >= 0.6 is 15.9 Å². The van der Waals surface area contributed by atoms with Gasteiger partial charge in [0, 0.05) is 42.8 Å². The molecule has 1 heterocycles. The van der Waals surface area contributed by atoms with E-state index in [2.05, 4.69) is 20.8 Å². The molecule has 0 N–H and O–H groups in total. The number of nitrogens with zero attached hydrogens (tertiary/aromatic N) is 2. The van der Waals surface area contributed by atoms with E-state index < -0.39 is 5.97 Å². The number of methoxy groups -OCH3 is 1. The second-order valence-electron chi connectivity index (χ2n) is 7.13. The monoisotopic (exact) mass is 488 g/mol. The molecule has 164 valence electrons. The molecule has 0 unspecified atom stereocenters. The van der Waals surface area contributed by atoms with Crippen molar-refractivity contribution in [2.24, 2.45) is 0 Å². The van der Waals surface area contributed by atoms with Crippen LogP contribution < -0.4 is 9.64 Å². The van der Waals surface area contributed by atoms with Crippen molar-refractivity contribution in [3.05, 3.63) is 58.6 Å². The largest absolute Gasteiger partial charge is 0.496 e. The highest BCUT2D eigenvalue weighted by Gasteiger charge is 2.22. The Morgan fingerprint density at radius 3 is 2.35 bits per heavy atom. The SMILES string of the molecule is COc1ccc(Br)cc1C(=O)CCC(=O)OCC(=O)N1CCN(c2ccccc2)CC1. The summed E-state index contributed by atoms with van der Waals surface area (Å²) in [4.78, 5) is 40.7. The number of hydrogen-bond donors (Lipinski definition) is 0. The quantitative estimate of drug-likeness (QED) is 0.419. The van der Waals surface area contributed by atoms with E-state index in [0.717, 1.165) is 23.2 Å². The molecule has 1 aliphatic heterocycles. The normalized spacial score (nSPS) is 13.6. The number of esters is 1. The zero-order valence-electron chi connectivity index (χ0n) is 17.4. The molecular weight excluding hydrogens is 464 g/mol. The number of carbonyl (C=O) groups is 3. The minimum absolute atomic E-state index is 0.0183. The minimum Gasteiger partial charge on any atom is -0.496 e. The maximum atomic E-state index is 12.4. The number of carbonyl (C=O) groups excluding carboxylic acids is 3. The molecule has 0 aromatic heterocycles. The van der Waals surface area contributed by atoms with Crippen LogP contribution in [-0.2, 0) is 14.3 Å². The van der Waals surface area contributed by atoms with E-state index in [0.29, 0.717) is 24.4 Å². The standard InChI is InChI=1S/C23H25BrN2O5/c1-30-21-9-7-17(24)15-19(21)20(27)8-10-23(29)31-16-22(28)26-13-11-25(12-14-26)18-5-3-2-4-6-18/h2-7,9,15H,8,10-14,16H2,1H3. The molecule has 3 rings (SSSR count). The summed E-state index contributed by atoms with van der Waals surface area (Å²) < 4.78 is 11.0. The Hall–Kier alpha value is -2.87. The highest BCUT2D eigenvalue weighted by molar-refractivity contribution is 9.10. The van der Waals surface area contributed by atoms with Crippen LogP contribution in [0.2, 0.25) is 0 Å². The first kappa shape index (κ1) is 22.8. The molecule has 0 saturated carbocycles. The molecule has 0 radical (unpaired) electrons. The Labute approximate surface area is 190 Å². The number of anilines is 1. The lowest BCUT2D eigenvalue weighted by Crippen LogP contribution is -2.49. The minimum atomic E-state index is -0.571. The Balaban J connectivity index is 1.40. The third-order valence-electron chi connectivity index (χ3n) is 5.13. The molecule has 0 spiro atoms. The van der Waals surface area contributed by atoms with Gasteiger partial charge >= 0.3 is 5.97 Å². The van der Waals surface area contributed by atoms with Crippen molar-refractivity contribution in [3.63, 3.8) is 0 Å². The van der Waals surface area contributed by atoms with Crippen LogP contribution in [0.15, 0.2) is 53.0 Å². The van der Waals surface area contributed by atoms with Gasteiger partial charge in [0.25, 0.3) is 5.91 Å². The Morgan fingerprint density at radius 2 is 1.68 bits per heavy atom. The lowest BCUT2D eigenvalue weighted by molar-refractivity contribution is -0.152. The highest BCUT2D eigenvalue weighted by Crippen LogP contribution is 2.24. The summed E-state index contributed by atoms with van der Waals surface area (Å²) in [6.45, 7) is 2.30. The number of benzene rings is 2. The van der Waals surface area contributed by atoms with Crippen molar-refractivity contribution < 1.29 is 23.9 Å². The zero-order valence-corrected chi connectivity index (χ0v) is 19.0. The lowest BCUT2D eigenvalue weighted by atomic mass is 10.1. The van der Waals surface area contributed by atoms with E-state index in [-0.39, 0.29) is 31.1 Å². The Bertz CT molecular complexity index is 927. The van der Waals surface area contributed by atoms with Gasteiger partial charge in [-0.3, -0.25) is 14.4 Å². The van der Waals surface area contributed by atoms with E-state index in [9.17, 15) is 14.4 Å². The van der Waals surface area contributed by atoms with Gasteiger partial charge in [-0.05, 0) is 30.3 Å². The summed E-state index contributed by atoms with van der Waals surface area (Å²) in [6, 6.07) is 15.2. The molecule has 2 aromatic carbocycles. The first-order valence-electron chi connectivity index (χ1n) is 10.1. The fourth-order valence-electron chi connectivity index (χ4n) is 3.41. The van der Waals surface area contributed by atoms with Crippen molar-refractivity contribution in [2.45, 2.75) is 12.8 Å². The molecule has 8 heteroatoms. The number of ketones is 1. The van der Waals surface area contributed by atoms with Gasteiger partial charge in [-0.25, -0.2) is 0 Å². The molecule has 0 atom stereocenters. The van der Waals surface area contributed by atoms with Crippen LogP contribution in [-0.4, -0.2) is 62.5 Å². The predicted octanol–water partition coefficient (Wildman–Crippen LogP) is 3.31. The van der Waals surface area contributed by atoms with Crippen molar-refractivity contribution in [3.8, 4) is 5.75 Å². The summed E-state index contributed by atoms with van der Waals surface area (Å²) in [6.07, 6.45) is -0.112. The van der Waals surface area contributed by atoms with E-state index in [1.54, 1.807) is 23.1 Å². The van der Waals surface area contributed by atoms with Crippen LogP contribution in [0.5, 0.6) is 5.75 Å². The number of para-hydroxylation sites is 1. The highest BCUT2D eigenvalue weighted by atomic mass is 79.9. The van der Waals surface area contributed by atoms with Crippen LogP contribution in [0, 0.1) is 0 Å². The second kappa shape index (κ2) is 10.9. The Kier molecular flexibility index (Phi) is 8.06. The van der Waals surface area contributed by atoms with Crippen LogP contribution in [0.4, 0.5) is 5.69 Å². The van der Waals surface area contributed by atoms with Crippen molar-refractivity contribution in [2.75, 3.05) is 44.8 Å². The number of amides is 1. The van der Waals surface area contributed by atoms with Gasteiger partial charge in [0.2, 0.25) is 0 Å². The topological polar surface area (TPSA) is 76.2 Å². The predicted molar refractivity (Wildman–Crippen MR) is 120 cm³/mol. The average molecular weight is 489 g/mol. The van der Waals surface area contributed by atoms with Gasteiger partial charge in [0.05, 0.1) is 19.1 Å². The lowest BCUT2D eigenvalue weighted by Gasteiger charge is -2.36. The third-order valence-corrected chi connectivity index (χ3v) is 5.62. The maximum Gasteiger partial charge on any atom is 0.306 e.